The Hall–Kier alpha value is -1.26. The van der Waals surface area contributed by atoms with Crippen molar-refractivity contribution in [3.05, 3.63) is 0 Å². The molecule has 0 spiro atoms. The summed E-state index contributed by atoms with van der Waals surface area (Å²) in [5.41, 5.74) is 0. The predicted molar refractivity (Wildman–Crippen MR) is 48.9 cm³/mol. The molecule has 2 atom stereocenters. The summed E-state index contributed by atoms with van der Waals surface area (Å²) in [5, 5.41) is 8.87. The molecule has 0 aromatic rings. The maximum absolute atomic E-state index is 11.3. The van der Waals surface area contributed by atoms with E-state index in [1.54, 1.807) is 6.92 Å². The summed E-state index contributed by atoms with van der Waals surface area (Å²) < 4.78 is 4.78. The third-order valence-corrected chi connectivity index (χ3v) is 2.30. The Bertz CT molecular complexity index is 241. The molecule has 5 heteroatoms. The normalized spacial score (nSPS) is 26.3. The molecular weight excluding hydrogens is 186 g/mol. The molecule has 0 bridgehead atoms. The number of hydrogen-bond donors (Lipinski definition) is 1. The summed E-state index contributed by atoms with van der Waals surface area (Å²) in [6.45, 7) is 4.37. The number of rotatable bonds is 2. The Morgan fingerprint density at radius 3 is 2.71 bits per heavy atom. The van der Waals surface area contributed by atoms with Crippen LogP contribution < -0.4 is 0 Å². The van der Waals surface area contributed by atoms with E-state index in [0.717, 1.165) is 0 Å². The van der Waals surface area contributed by atoms with Crippen molar-refractivity contribution in [2.75, 3.05) is 13.2 Å². The number of ether oxygens (including phenoxy) is 1. The third-order valence-electron chi connectivity index (χ3n) is 2.30. The minimum atomic E-state index is -0.956. The second-order valence-corrected chi connectivity index (χ2v) is 3.55. The van der Waals surface area contributed by atoms with Crippen LogP contribution in [0.25, 0.3) is 0 Å². The minimum absolute atomic E-state index is 0.223. The lowest BCUT2D eigenvalue weighted by molar-refractivity contribution is -0.141. The number of amides is 1. The topological polar surface area (TPSA) is 66.8 Å². The second-order valence-electron chi connectivity index (χ2n) is 3.55. The van der Waals surface area contributed by atoms with Crippen molar-refractivity contribution >= 4 is 12.1 Å². The van der Waals surface area contributed by atoms with Crippen molar-refractivity contribution in [2.45, 2.75) is 26.3 Å². The maximum Gasteiger partial charge on any atom is 0.410 e. The van der Waals surface area contributed by atoms with Crippen LogP contribution in [-0.4, -0.2) is 41.3 Å². The van der Waals surface area contributed by atoms with E-state index in [-0.39, 0.29) is 12.5 Å². The van der Waals surface area contributed by atoms with Crippen LogP contribution in [0.2, 0.25) is 0 Å². The summed E-state index contributed by atoms with van der Waals surface area (Å²) in [6, 6.07) is -0.718. The van der Waals surface area contributed by atoms with E-state index < -0.39 is 18.1 Å². The molecule has 1 N–H and O–H groups in total. The first kappa shape index (κ1) is 10.8. The van der Waals surface area contributed by atoms with Gasteiger partial charge in [-0.2, -0.15) is 0 Å². The van der Waals surface area contributed by atoms with Crippen LogP contribution in [0.3, 0.4) is 0 Å². The van der Waals surface area contributed by atoms with Gasteiger partial charge in [0.15, 0.2) is 0 Å². The zero-order valence-electron chi connectivity index (χ0n) is 8.40. The highest BCUT2D eigenvalue weighted by Gasteiger charge is 2.38. The summed E-state index contributed by atoms with van der Waals surface area (Å²) >= 11 is 0. The van der Waals surface area contributed by atoms with E-state index in [1.165, 1.54) is 4.90 Å². The average molecular weight is 201 g/mol. The highest BCUT2D eigenvalue weighted by atomic mass is 16.6. The Balaban J connectivity index is 2.66. The Kier molecular flexibility index (Phi) is 3.33. The fourth-order valence-corrected chi connectivity index (χ4v) is 1.69. The van der Waals surface area contributed by atoms with Crippen LogP contribution >= 0.6 is 0 Å². The third kappa shape index (κ3) is 2.16. The van der Waals surface area contributed by atoms with E-state index in [0.29, 0.717) is 13.0 Å². The number of carboxylic acids is 1. The maximum atomic E-state index is 11.3. The number of aliphatic carboxylic acids is 1. The molecule has 0 aromatic heterocycles. The number of likely N-dealkylation sites (tertiary alicyclic amines) is 1. The molecule has 1 rings (SSSR count). The number of carbonyl (C=O) groups is 2. The van der Waals surface area contributed by atoms with E-state index in [1.807, 2.05) is 6.92 Å². The van der Waals surface area contributed by atoms with Crippen molar-refractivity contribution in [1.29, 1.82) is 0 Å². The molecule has 1 fully saturated rings. The van der Waals surface area contributed by atoms with Gasteiger partial charge in [-0.1, -0.05) is 6.92 Å². The molecule has 5 nitrogen and oxygen atoms in total. The van der Waals surface area contributed by atoms with Gasteiger partial charge in [-0.3, -0.25) is 4.90 Å². The van der Waals surface area contributed by atoms with Crippen LogP contribution in [0.5, 0.6) is 0 Å². The molecule has 1 amide bonds. The summed E-state index contributed by atoms with van der Waals surface area (Å²) in [6.07, 6.45) is -0.0158. The molecule has 0 saturated carbocycles. The van der Waals surface area contributed by atoms with Gasteiger partial charge in [-0.25, -0.2) is 9.59 Å². The minimum Gasteiger partial charge on any atom is -0.480 e. The van der Waals surface area contributed by atoms with Gasteiger partial charge in [0.05, 0.1) is 6.61 Å². The molecule has 80 valence electrons. The molecule has 1 heterocycles. The van der Waals surface area contributed by atoms with Crippen LogP contribution in [0.15, 0.2) is 0 Å². The van der Waals surface area contributed by atoms with Gasteiger partial charge in [0, 0.05) is 6.54 Å². The number of carbonyl (C=O) groups excluding carboxylic acids is 1. The van der Waals surface area contributed by atoms with Gasteiger partial charge in [0.25, 0.3) is 0 Å². The Labute approximate surface area is 82.6 Å². The molecule has 1 aliphatic heterocycles. The van der Waals surface area contributed by atoms with Crippen LogP contribution in [0.1, 0.15) is 20.3 Å². The van der Waals surface area contributed by atoms with E-state index >= 15 is 0 Å². The average Bonchev–Trinajstić information content (AvgIpc) is 2.48. The fraction of sp³-hybridized carbons (Fsp3) is 0.778. The van der Waals surface area contributed by atoms with Gasteiger partial charge in [0.2, 0.25) is 0 Å². The Morgan fingerprint density at radius 1 is 1.57 bits per heavy atom. The Morgan fingerprint density at radius 2 is 2.21 bits per heavy atom. The number of carboxylic acid groups (broad SMARTS) is 1. The second kappa shape index (κ2) is 4.30. The van der Waals surface area contributed by atoms with E-state index in [4.69, 9.17) is 9.84 Å². The van der Waals surface area contributed by atoms with Crippen LogP contribution in [0, 0.1) is 5.92 Å². The first-order chi connectivity index (χ1) is 6.56. The van der Waals surface area contributed by atoms with Gasteiger partial charge >= 0.3 is 12.1 Å². The zero-order valence-corrected chi connectivity index (χ0v) is 8.40. The molecular formula is C9H15NO4. The lowest BCUT2D eigenvalue weighted by Gasteiger charge is -2.20. The van der Waals surface area contributed by atoms with Gasteiger partial charge in [-0.15, -0.1) is 0 Å². The van der Waals surface area contributed by atoms with Crippen molar-refractivity contribution < 1.29 is 19.4 Å². The largest absolute Gasteiger partial charge is 0.480 e. The SMILES string of the molecule is CCOC(=O)N1C[C@@H](C)C[C@H]1C(=O)O. The molecule has 0 aromatic carbocycles. The summed E-state index contributed by atoms with van der Waals surface area (Å²) in [7, 11) is 0. The first-order valence-corrected chi connectivity index (χ1v) is 4.72. The van der Waals surface area contributed by atoms with Gasteiger partial charge in [-0.05, 0) is 19.3 Å². The molecule has 0 aliphatic carbocycles. The lowest BCUT2D eigenvalue weighted by Crippen LogP contribution is -2.40. The standard InChI is InChI=1S/C9H15NO4/c1-3-14-9(13)10-5-6(2)4-7(10)8(11)12/h6-7H,3-5H2,1-2H3,(H,11,12)/t6-,7-/m0/s1. The van der Waals surface area contributed by atoms with Gasteiger partial charge in [0.1, 0.15) is 6.04 Å². The first-order valence-electron chi connectivity index (χ1n) is 4.72. The fourth-order valence-electron chi connectivity index (χ4n) is 1.69. The van der Waals surface area contributed by atoms with E-state index in [2.05, 4.69) is 0 Å². The van der Waals surface area contributed by atoms with Crippen molar-refractivity contribution in [3.63, 3.8) is 0 Å². The number of hydrogen-bond acceptors (Lipinski definition) is 3. The summed E-state index contributed by atoms with van der Waals surface area (Å²) in [5.74, 6) is -0.733. The van der Waals surface area contributed by atoms with Crippen molar-refractivity contribution in [2.24, 2.45) is 5.92 Å². The molecule has 1 saturated heterocycles. The van der Waals surface area contributed by atoms with Crippen LogP contribution in [-0.2, 0) is 9.53 Å². The monoisotopic (exact) mass is 201 g/mol. The summed E-state index contributed by atoms with van der Waals surface area (Å²) in [4.78, 5) is 23.5. The molecule has 0 unspecified atom stereocenters. The zero-order chi connectivity index (χ0) is 10.7. The van der Waals surface area contributed by atoms with Gasteiger partial charge < -0.3 is 9.84 Å². The van der Waals surface area contributed by atoms with E-state index in [9.17, 15) is 9.59 Å². The molecule has 0 radical (unpaired) electrons. The number of nitrogens with zero attached hydrogens (tertiary/aromatic N) is 1. The van der Waals surface area contributed by atoms with Crippen molar-refractivity contribution in [3.8, 4) is 0 Å². The molecule has 1 aliphatic rings. The quantitative estimate of drug-likeness (QED) is 0.722. The van der Waals surface area contributed by atoms with Crippen LogP contribution in [0.4, 0.5) is 4.79 Å². The lowest BCUT2D eigenvalue weighted by atomic mass is 10.1. The predicted octanol–water partition coefficient (Wildman–Crippen LogP) is 0.938. The highest BCUT2D eigenvalue weighted by molar-refractivity contribution is 5.80. The highest BCUT2D eigenvalue weighted by Crippen LogP contribution is 2.23. The molecule has 14 heavy (non-hydrogen) atoms. The van der Waals surface area contributed by atoms with Crippen molar-refractivity contribution in [1.82, 2.24) is 4.90 Å². The smallest absolute Gasteiger partial charge is 0.410 e.